The van der Waals surface area contributed by atoms with Crippen molar-refractivity contribution < 1.29 is 13.6 Å². The molecular weight excluding hydrogens is 404 g/mol. The number of ether oxygens (including phenoxy) is 1. The predicted molar refractivity (Wildman–Crippen MR) is 136 cm³/mol. The van der Waals surface area contributed by atoms with E-state index in [4.69, 9.17) is 13.6 Å². The minimum atomic E-state index is -1.90. The molecule has 4 atom stereocenters. The summed E-state index contributed by atoms with van der Waals surface area (Å²) in [7, 11) is -3.48. The van der Waals surface area contributed by atoms with E-state index < -0.39 is 16.6 Å². The van der Waals surface area contributed by atoms with Crippen molar-refractivity contribution in [1.29, 1.82) is 0 Å². The number of hydrogen-bond donors (Lipinski definition) is 0. The van der Waals surface area contributed by atoms with E-state index in [1.807, 2.05) is 0 Å². The third kappa shape index (κ3) is 6.00. The van der Waals surface area contributed by atoms with Gasteiger partial charge in [0.25, 0.3) is 0 Å². The molecule has 0 bridgehead atoms. The molecule has 0 aromatic carbocycles. The summed E-state index contributed by atoms with van der Waals surface area (Å²) in [5.41, 5.74) is 1.71. The summed E-state index contributed by atoms with van der Waals surface area (Å²) in [6.07, 6.45) is 2.82. The second-order valence-electron chi connectivity index (χ2n) is 11.0. The molecule has 0 aromatic heterocycles. The number of epoxide rings is 1. The van der Waals surface area contributed by atoms with Crippen molar-refractivity contribution >= 4 is 16.6 Å². The molecule has 0 aromatic rings. The van der Waals surface area contributed by atoms with Gasteiger partial charge in [-0.3, -0.25) is 0 Å². The van der Waals surface area contributed by atoms with E-state index in [0.29, 0.717) is 22.5 Å². The van der Waals surface area contributed by atoms with Gasteiger partial charge >= 0.3 is 0 Å². The van der Waals surface area contributed by atoms with Gasteiger partial charge in [-0.25, -0.2) is 0 Å². The normalized spacial score (nSPS) is 24.7. The molecular formula is C25H54O3Si2. The van der Waals surface area contributed by atoms with Gasteiger partial charge in [-0.05, 0) is 48.1 Å². The zero-order valence-corrected chi connectivity index (χ0v) is 24.4. The van der Waals surface area contributed by atoms with Crippen LogP contribution in [0.3, 0.4) is 0 Å². The predicted octanol–water partition coefficient (Wildman–Crippen LogP) is 8.16. The topological polar surface area (TPSA) is 31.0 Å². The lowest BCUT2D eigenvalue weighted by Gasteiger charge is -2.46. The highest BCUT2D eigenvalue weighted by Crippen LogP contribution is 2.48. The summed E-state index contributed by atoms with van der Waals surface area (Å²) in [6.45, 7) is 28.9. The van der Waals surface area contributed by atoms with Crippen molar-refractivity contribution in [2.45, 2.75) is 148 Å². The molecule has 0 saturated carbocycles. The van der Waals surface area contributed by atoms with Crippen molar-refractivity contribution in [3.63, 3.8) is 0 Å². The Bertz CT molecular complexity index is 475. The van der Waals surface area contributed by atoms with Crippen molar-refractivity contribution in [3.8, 4) is 0 Å². The quantitative estimate of drug-likeness (QED) is 0.183. The first-order valence-corrected chi connectivity index (χ1v) is 17.6. The first-order chi connectivity index (χ1) is 13.9. The Kier molecular flexibility index (Phi) is 10.8. The fourth-order valence-corrected chi connectivity index (χ4v) is 14.3. The molecule has 30 heavy (non-hydrogen) atoms. The third-order valence-corrected chi connectivity index (χ3v) is 19.0. The highest BCUT2D eigenvalue weighted by Gasteiger charge is 2.58. The molecule has 1 aliphatic heterocycles. The first kappa shape index (κ1) is 28.3. The zero-order chi connectivity index (χ0) is 23.3. The van der Waals surface area contributed by atoms with Crippen LogP contribution >= 0.6 is 0 Å². The first-order valence-electron chi connectivity index (χ1n) is 12.9. The second-order valence-corrected chi connectivity index (χ2v) is 21.2. The van der Waals surface area contributed by atoms with Crippen LogP contribution in [-0.2, 0) is 13.6 Å². The van der Waals surface area contributed by atoms with Gasteiger partial charge in [-0.15, -0.1) is 0 Å². The molecule has 1 rings (SSSR count). The van der Waals surface area contributed by atoms with Crippen molar-refractivity contribution in [2.75, 3.05) is 6.61 Å². The molecule has 0 N–H and O–H groups in total. The molecule has 0 amide bonds. The van der Waals surface area contributed by atoms with Gasteiger partial charge in [0, 0.05) is 5.92 Å². The monoisotopic (exact) mass is 458 g/mol. The Morgan fingerprint density at radius 2 is 1.30 bits per heavy atom. The van der Waals surface area contributed by atoms with E-state index in [9.17, 15) is 0 Å². The summed E-state index contributed by atoms with van der Waals surface area (Å²) in [5.74, 6) is 0.405. The van der Waals surface area contributed by atoms with Crippen molar-refractivity contribution in [1.82, 2.24) is 0 Å². The Hall–Kier alpha value is 0.314. The number of hydrogen-bond acceptors (Lipinski definition) is 3. The fraction of sp³-hybridized carbons (Fsp3) is 1.00. The molecule has 0 radical (unpaired) electrons. The van der Waals surface area contributed by atoms with Crippen molar-refractivity contribution in [2.24, 2.45) is 5.92 Å². The van der Waals surface area contributed by atoms with Gasteiger partial charge in [0.15, 0.2) is 8.32 Å². The van der Waals surface area contributed by atoms with Gasteiger partial charge in [0.1, 0.15) is 5.60 Å². The summed E-state index contributed by atoms with van der Waals surface area (Å²) >= 11 is 0. The van der Waals surface area contributed by atoms with Gasteiger partial charge in [0.2, 0.25) is 8.32 Å². The summed E-state index contributed by atoms with van der Waals surface area (Å²) in [5, 5.41) is 0. The van der Waals surface area contributed by atoms with E-state index in [-0.39, 0.29) is 17.8 Å². The summed E-state index contributed by atoms with van der Waals surface area (Å²) < 4.78 is 20.2. The Morgan fingerprint density at radius 1 is 0.833 bits per heavy atom. The van der Waals surface area contributed by atoms with Crippen LogP contribution in [0.4, 0.5) is 0 Å². The van der Waals surface area contributed by atoms with Crippen LogP contribution in [-0.4, -0.2) is 41.1 Å². The van der Waals surface area contributed by atoms with Gasteiger partial charge in [-0.1, -0.05) is 82.6 Å². The lowest BCUT2D eigenvalue weighted by atomic mass is 9.91. The molecule has 0 unspecified atom stereocenters. The smallest absolute Gasteiger partial charge is 0.200 e. The van der Waals surface area contributed by atoms with Crippen LogP contribution in [0.5, 0.6) is 0 Å². The minimum absolute atomic E-state index is 0.135. The van der Waals surface area contributed by atoms with E-state index in [0.717, 1.165) is 19.4 Å². The Balaban J connectivity index is 2.96. The summed E-state index contributed by atoms with van der Waals surface area (Å²) in [4.78, 5) is 0. The molecule has 1 saturated heterocycles. The van der Waals surface area contributed by atoms with Crippen LogP contribution < -0.4 is 0 Å². The van der Waals surface area contributed by atoms with Gasteiger partial charge in [-0.2, -0.15) is 0 Å². The number of rotatable bonds is 15. The van der Waals surface area contributed by atoms with E-state index >= 15 is 0 Å². The molecule has 0 aliphatic carbocycles. The van der Waals surface area contributed by atoms with E-state index in [1.165, 1.54) is 18.1 Å². The van der Waals surface area contributed by atoms with E-state index in [1.54, 1.807) is 0 Å². The maximum absolute atomic E-state index is 7.26. The molecule has 3 nitrogen and oxygen atoms in total. The standard InChI is InChI=1S/C25H54O3Si2/c1-13-17-23(28-30(19(5)6,20(7)8)21(9)10)22(11)24-25(12,27-24)18-26-29(14-2,15-3)16-4/h19-24H,13-18H2,1-12H3/t22-,23-,24+,25+/m1/s1. The largest absolute Gasteiger partial charge is 0.414 e. The van der Waals surface area contributed by atoms with Crippen LogP contribution in [0.1, 0.15) is 95.9 Å². The highest BCUT2D eigenvalue weighted by atomic mass is 28.4. The fourth-order valence-electron chi connectivity index (χ4n) is 5.97. The minimum Gasteiger partial charge on any atom is -0.414 e. The molecule has 1 fully saturated rings. The van der Waals surface area contributed by atoms with Crippen LogP contribution in [0, 0.1) is 5.92 Å². The van der Waals surface area contributed by atoms with Gasteiger partial charge in [0.05, 0.1) is 18.8 Å². The lowest BCUT2D eigenvalue weighted by Crippen LogP contribution is -2.52. The van der Waals surface area contributed by atoms with E-state index in [2.05, 4.69) is 83.1 Å². The van der Waals surface area contributed by atoms with Crippen LogP contribution in [0.25, 0.3) is 0 Å². The van der Waals surface area contributed by atoms with Crippen LogP contribution in [0.2, 0.25) is 34.8 Å². The Morgan fingerprint density at radius 3 is 1.67 bits per heavy atom. The Labute approximate surface area is 191 Å². The maximum Gasteiger partial charge on any atom is 0.200 e. The van der Waals surface area contributed by atoms with Crippen molar-refractivity contribution in [3.05, 3.63) is 0 Å². The SMILES string of the molecule is CCC[C@@H](O[Si](C(C)C)(C(C)C)C(C)C)[C@@H](C)[C@@H]1O[C@@]1(C)CO[Si](CC)(CC)CC. The molecule has 5 heteroatoms. The van der Waals surface area contributed by atoms with Gasteiger partial charge < -0.3 is 13.6 Å². The average molecular weight is 459 g/mol. The zero-order valence-electron chi connectivity index (χ0n) is 22.4. The molecule has 0 spiro atoms. The average Bonchev–Trinajstić information content (AvgIpc) is 3.37. The van der Waals surface area contributed by atoms with Crippen LogP contribution in [0.15, 0.2) is 0 Å². The lowest BCUT2D eigenvalue weighted by molar-refractivity contribution is 0.0941. The highest BCUT2D eigenvalue weighted by molar-refractivity contribution is 6.77. The molecule has 1 aliphatic rings. The second kappa shape index (κ2) is 11.4. The molecule has 1 heterocycles. The summed E-state index contributed by atoms with van der Waals surface area (Å²) in [6, 6.07) is 3.59. The third-order valence-electron chi connectivity index (χ3n) is 8.24. The maximum atomic E-state index is 7.26. The molecule has 180 valence electrons.